The summed E-state index contributed by atoms with van der Waals surface area (Å²) < 4.78 is 58.4. The molecule has 1 aliphatic carbocycles. The van der Waals surface area contributed by atoms with Crippen molar-refractivity contribution in [2.45, 2.75) is 70.4 Å². The molecule has 1 aromatic heterocycles. The number of aromatic nitrogens is 2. The zero-order chi connectivity index (χ0) is 24.9. The first-order valence-electron chi connectivity index (χ1n) is 11.9. The molecule has 0 radical (unpaired) electrons. The number of anilines is 1. The Kier molecular flexibility index (Phi) is 6.54. The van der Waals surface area contributed by atoms with Crippen LogP contribution in [0.1, 0.15) is 52.3 Å². The smallest absolute Gasteiger partial charge is 0.303 e. The Morgan fingerprint density at radius 3 is 2.47 bits per heavy atom. The highest BCUT2D eigenvalue weighted by molar-refractivity contribution is 7.90. The lowest BCUT2D eigenvalue weighted by Gasteiger charge is -2.33. The van der Waals surface area contributed by atoms with Crippen LogP contribution < -0.4 is 10.0 Å². The first-order valence-corrected chi connectivity index (χ1v) is 13.3. The van der Waals surface area contributed by atoms with Crippen molar-refractivity contribution >= 4 is 26.9 Å². The second kappa shape index (κ2) is 8.87. The number of allylic oxidation sites excluding steroid dienone is 2. The van der Waals surface area contributed by atoms with Crippen LogP contribution in [0.5, 0.6) is 0 Å². The van der Waals surface area contributed by atoms with Crippen molar-refractivity contribution in [2.24, 2.45) is 11.7 Å². The molecule has 10 heteroatoms. The van der Waals surface area contributed by atoms with Gasteiger partial charge >= 0.3 is 10.2 Å². The lowest BCUT2D eigenvalue weighted by Crippen LogP contribution is -2.48. The summed E-state index contributed by atoms with van der Waals surface area (Å²) in [6.45, 7) is 7.56. The van der Waals surface area contributed by atoms with Crippen molar-refractivity contribution in [3.63, 3.8) is 0 Å². The van der Waals surface area contributed by atoms with Gasteiger partial charge in [-0.05, 0) is 49.5 Å². The molecule has 1 aliphatic heterocycles. The Balaban J connectivity index is 1.66. The molecule has 0 amide bonds. The number of hydrogen-bond acceptors (Lipinski definition) is 4. The quantitative estimate of drug-likeness (QED) is 0.635. The van der Waals surface area contributed by atoms with Crippen LogP contribution in [0.15, 0.2) is 30.4 Å². The first kappa shape index (κ1) is 25.1. The predicted molar refractivity (Wildman–Crippen MR) is 131 cm³/mol. The van der Waals surface area contributed by atoms with Gasteiger partial charge in [-0.1, -0.05) is 26.8 Å². The molecule has 1 saturated heterocycles. The minimum atomic E-state index is -3.68. The van der Waals surface area contributed by atoms with Crippen LogP contribution in [0, 0.1) is 5.92 Å². The van der Waals surface area contributed by atoms with Gasteiger partial charge in [-0.25, -0.2) is 13.8 Å². The summed E-state index contributed by atoms with van der Waals surface area (Å²) in [5.41, 5.74) is 7.75. The van der Waals surface area contributed by atoms with Gasteiger partial charge in [0.05, 0.1) is 16.7 Å². The molecule has 0 bridgehead atoms. The molecule has 1 unspecified atom stereocenters. The van der Waals surface area contributed by atoms with E-state index in [0.717, 1.165) is 17.4 Å². The number of rotatable bonds is 5. The van der Waals surface area contributed by atoms with E-state index < -0.39 is 16.1 Å². The van der Waals surface area contributed by atoms with Crippen molar-refractivity contribution in [1.29, 1.82) is 0 Å². The van der Waals surface area contributed by atoms with E-state index in [1.807, 2.05) is 6.07 Å². The summed E-state index contributed by atoms with van der Waals surface area (Å²) in [5, 5.41) is 0. The lowest BCUT2D eigenvalue weighted by atomic mass is 9.92. The molecule has 1 fully saturated rings. The molecule has 1 aromatic carbocycles. The molecule has 7 nitrogen and oxygen atoms in total. The second-order valence-electron chi connectivity index (χ2n) is 10.6. The van der Waals surface area contributed by atoms with Crippen LogP contribution in [0.3, 0.4) is 0 Å². The summed E-state index contributed by atoms with van der Waals surface area (Å²) in [6, 6.07) is 5.49. The summed E-state index contributed by atoms with van der Waals surface area (Å²) >= 11 is 0. The average molecular weight is 496 g/mol. The third-order valence-corrected chi connectivity index (χ3v) is 8.74. The summed E-state index contributed by atoms with van der Waals surface area (Å²) in [5.74, 6) is -1.89. The molecule has 1 atom stereocenters. The zero-order valence-electron chi connectivity index (χ0n) is 20.3. The minimum Gasteiger partial charge on any atom is -0.328 e. The molecule has 34 heavy (non-hydrogen) atoms. The van der Waals surface area contributed by atoms with Crippen molar-refractivity contribution < 1.29 is 17.2 Å². The number of nitrogens with two attached hydrogens (primary N) is 1. The number of benzene rings is 1. The van der Waals surface area contributed by atoms with Gasteiger partial charge < -0.3 is 10.3 Å². The van der Waals surface area contributed by atoms with E-state index in [1.165, 1.54) is 8.61 Å². The van der Waals surface area contributed by atoms with Crippen LogP contribution in [0.25, 0.3) is 11.0 Å². The molecule has 0 saturated carbocycles. The number of alkyl halides is 2. The molecule has 0 spiro atoms. The summed E-state index contributed by atoms with van der Waals surface area (Å²) in [6.07, 6.45) is 4.18. The average Bonchev–Trinajstić information content (AvgIpc) is 3.13. The van der Waals surface area contributed by atoms with Gasteiger partial charge in [0.2, 0.25) is 0 Å². The number of nitrogens with zero attached hydrogens (tertiary/aromatic N) is 4. The van der Waals surface area contributed by atoms with E-state index in [-0.39, 0.29) is 23.8 Å². The van der Waals surface area contributed by atoms with Crippen LogP contribution >= 0.6 is 0 Å². The third kappa shape index (κ3) is 4.99. The standard InChI is InChI=1S/C24H35F2N5O2S/c1-23(2,3)22-28-20-15-19(29(4)34(32,33)30-13-9-18(27)10-14-30)5-6-21(20)31(22)16-17-7-11-24(25,26)12-8-17/h5-7,11,15,17-18H,8-10,12-14,16,27H2,1-4H3. The van der Waals surface area contributed by atoms with E-state index in [1.54, 1.807) is 25.3 Å². The summed E-state index contributed by atoms with van der Waals surface area (Å²) in [4.78, 5) is 4.86. The number of hydrogen-bond donors (Lipinski definition) is 1. The highest BCUT2D eigenvalue weighted by Crippen LogP contribution is 2.34. The lowest BCUT2D eigenvalue weighted by molar-refractivity contribution is 0.0322. The Hall–Kier alpha value is -2.04. The molecule has 188 valence electrons. The maximum atomic E-state index is 13.6. The van der Waals surface area contributed by atoms with Crippen LogP contribution in [-0.4, -0.2) is 54.4 Å². The fraction of sp³-hybridized carbons (Fsp3) is 0.625. The molecule has 2 aromatic rings. The SMILES string of the molecule is CN(c1ccc2c(c1)nc(C(C)(C)C)n2CC1C=CC(F)(F)CC1)S(=O)(=O)N1CCC(N)CC1. The zero-order valence-corrected chi connectivity index (χ0v) is 21.2. The van der Waals surface area contributed by atoms with Gasteiger partial charge in [0, 0.05) is 44.6 Å². The number of imidazole rings is 1. The number of piperidine rings is 1. The van der Waals surface area contributed by atoms with Gasteiger partial charge in [0.15, 0.2) is 0 Å². The monoisotopic (exact) mass is 495 g/mol. The number of fused-ring (bicyclic) bond motifs is 1. The third-order valence-electron chi connectivity index (χ3n) is 6.81. The highest BCUT2D eigenvalue weighted by Gasteiger charge is 2.33. The first-order chi connectivity index (χ1) is 15.8. The van der Waals surface area contributed by atoms with E-state index >= 15 is 0 Å². The van der Waals surface area contributed by atoms with E-state index in [2.05, 4.69) is 25.3 Å². The van der Waals surface area contributed by atoms with Gasteiger partial charge in [-0.2, -0.15) is 12.7 Å². The maximum absolute atomic E-state index is 13.6. The van der Waals surface area contributed by atoms with Gasteiger partial charge in [-0.3, -0.25) is 4.31 Å². The molecule has 2 aliphatic rings. The Morgan fingerprint density at radius 1 is 1.21 bits per heavy atom. The van der Waals surface area contributed by atoms with Crippen molar-refractivity contribution in [1.82, 2.24) is 13.9 Å². The van der Waals surface area contributed by atoms with E-state index in [0.29, 0.717) is 50.1 Å². The van der Waals surface area contributed by atoms with Crippen LogP contribution in [-0.2, 0) is 22.2 Å². The Bertz CT molecular complexity index is 1180. The second-order valence-corrected chi connectivity index (χ2v) is 12.6. The van der Waals surface area contributed by atoms with Gasteiger partial charge in [-0.15, -0.1) is 0 Å². The van der Waals surface area contributed by atoms with Crippen molar-refractivity contribution in [3.05, 3.63) is 36.2 Å². The molecule has 2 heterocycles. The highest BCUT2D eigenvalue weighted by atomic mass is 32.2. The van der Waals surface area contributed by atoms with Crippen LogP contribution in [0.4, 0.5) is 14.5 Å². The van der Waals surface area contributed by atoms with Crippen LogP contribution in [0.2, 0.25) is 0 Å². The largest absolute Gasteiger partial charge is 0.328 e. The fourth-order valence-electron chi connectivity index (χ4n) is 4.71. The molecular formula is C24H35F2N5O2S. The fourth-order valence-corrected chi connectivity index (χ4v) is 6.10. The molecule has 4 rings (SSSR count). The van der Waals surface area contributed by atoms with Gasteiger partial charge in [0.1, 0.15) is 5.82 Å². The van der Waals surface area contributed by atoms with Crippen molar-refractivity contribution in [3.8, 4) is 0 Å². The van der Waals surface area contributed by atoms with Gasteiger partial charge in [0.25, 0.3) is 5.92 Å². The maximum Gasteiger partial charge on any atom is 0.303 e. The summed E-state index contributed by atoms with van der Waals surface area (Å²) in [7, 11) is -2.12. The normalized spacial score (nSPS) is 22.4. The molecule has 2 N–H and O–H groups in total. The number of halogens is 2. The molecular weight excluding hydrogens is 460 g/mol. The Labute approximate surface area is 200 Å². The van der Waals surface area contributed by atoms with E-state index in [4.69, 9.17) is 10.7 Å². The topological polar surface area (TPSA) is 84.5 Å². The van der Waals surface area contributed by atoms with Crippen molar-refractivity contribution in [2.75, 3.05) is 24.4 Å². The van der Waals surface area contributed by atoms with E-state index in [9.17, 15) is 17.2 Å². The minimum absolute atomic E-state index is 0.00803. The Morgan fingerprint density at radius 2 is 1.88 bits per heavy atom. The predicted octanol–water partition coefficient (Wildman–Crippen LogP) is 4.04.